The van der Waals surface area contributed by atoms with Gasteiger partial charge in [0.05, 0.1) is 0 Å². The van der Waals surface area contributed by atoms with Crippen LogP contribution in [0, 0.1) is 0 Å². The van der Waals surface area contributed by atoms with Gasteiger partial charge in [-0.05, 0) is 25.8 Å². The van der Waals surface area contributed by atoms with Gasteiger partial charge in [0.15, 0.2) is 0 Å². The lowest BCUT2D eigenvalue weighted by Crippen LogP contribution is -2.42. The third-order valence-electron chi connectivity index (χ3n) is 3.80. The summed E-state index contributed by atoms with van der Waals surface area (Å²) >= 11 is 0. The Morgan fingerprint density at radius 2 is 2.06 bits per heavy atom. The zero-order valence-electron chi connectivity index (χ0n) is 11.3. The predicted octanol–water partition coefficient (Wildman–Crippen LogP) is 2.73. The van der Waals surface area contributed by atoms with Crippen molar-refractivity contribution in [2.45, 2.75) is 51.0 Å². The van der Waals surface area contributed by atoms with Crippen molar-refractivity contribution in [1.82, 2.24) is 9.78 Å². The molecule has 1 aromatic heterocycles. The fourth-order valence-corrected chi connectivity index (χ4v) is 2.84. The lowest BCUT2D eigenvalue weighted by Gasteiger charge is -2.31. The van der Waals surface area contributed by atoms with Crippen molar-refractivity contribution in [3.63, 3.8) is 0 Å². The molecule has 1 aliphatic rings. The molecule has 1 aliphatic carbocycles. The number of carbonyl (C=O) groups excluding carboxylic acids is 1. The molecular weight excluding hydrogens is 228 g/mol. The number of carbonyl (C=O) groups is 1. The van der Waals surface area contributed by atoms with E-state index in [9.17, 15) is 4.79 Å². The summed E-state index contributed by atoms with van der Waals surface area (Å²) in [5.74, 6) is 0.103. The second-order valence-electron chi connectivity index (χ2n) is 5.01. The van der Waals surface area contributed by atoms with Gasteiger partial charge < -0.3 is 4.74 Å². The van der Waals surface area contributed by atoms with Gasteiger partial charge in [0.25, 0.3) is 0 Å². The molecule has 0 radical (unpaired) electrons. The highest BCUT2D eigenvalue weighted by atomic mass is 16.5. The van der Waals surface area contributed by atoms with Gasteiger partial charge in [0.1, 0.15) is 11.3 Å². The lowest BCUT2D eigenvalue weighted by molar-refractivity contribution is -0.0298. The third-order valence-corrected chi connectivity index (χ3v) is 3.80. The Hall–Kier alpha value is -1.16. The van der Waals surface area contributed by atoms with Gasteiger partial charge in [-0.1, -0.05) is 25.7 Å². The number of hydrogen-bond donors (Lipinski definition) is 0. The minimum absolute atomic E-state index is 0.103. The Bertz CT molecular complexity index is 404. The second kappa shape index (κ2) is 5.65. The molecule has 2 rings (SSSR count). The SMILES string of the molecule is CCOC1(C(=O)c2ccnn2C)CCCCCC1. The fraction of sp³-hybridized carbons (Fsp3) is 0.714. The minimum Gasteiger partial charge on any atom is -0.367 e. The summed E-state index contributed by atoms with van der Waals surface area (Å²) in [5, 5.41) is 4.09. The molecule has 100 valence electrons. The summed E-state index contributed by atoms with van der Waals surface area (Å²) in [6, 6.07) is 1.79. The van der Waals surface area contributed by atoms with Crippen molar-refractivity contribution in [3.8, 4) is 0 Å². The maximum absolute atomic E-state index is 12.8. The van der Waals surface area contributed by atoms with Gasteiger partial charge >= 0.3 is 0 Å². The Morgan fingerprint density at radius 1 is 1.39 bits per heavy atom. The summed E-state index contributed by atoms with van der Waals surface area (Å²) in [5.41, 5.74) is 0.0457. The van der Waals surface area contributed by atoms with Crippen molar-refractivity contribution in [3.05, 3.63) is 18.0 Å². The average Bonchev–Trinajstić information content (AvgIpc) is 2.64. The molecule has 4 heteroatoms. The smallest absolute Gasteiger partial charge is 0.212 e. The highest BCUT2D eigenvalue weighted by molar-refractivity contribution is 6.01. The number of ketones is 1. The van der Waals surface area contributed by atoms with E-state index in [2.05, 4.69) is 5.10 Å². The molecule has 0 saturated heterocycles. The molecule has 1 heterocycles. The van der Waals surface area contributed by atoms with Crippen LogP contribution in [-0.2, 0) is 11.8 Å². The maximum Gasteiger partial charge on any atom is 0.212 e. The van der Waals surface area contributed by atoms with E-state index >= 15 is 0 Å². The van der Waals surface area contributed by atoms with E-state index < -0.39 is 5.60 Å². The molecule has 1 saturated carbocycles. The molecule has 0 spiro atoms. The Kier molecular flexibility index (Phi) is 4.17. The van der Waals surface area contributed by atoms with Crippen molar-refractivity contribution < 1.29 is 9.53 Å². The van der Waals surface area contributed by atoms with Gasteiger partial charge in [-0.15, -0.1) is 0 Å². The lowest BCUT2D eigenvalue weighted by atomic mass is 9.87. The fourth-order valence-electron chi connectivity index (χ4n) is 2.84. The van der Waals surface area contributed by atoms with E-state index in [1.807, 2.05) is 14.0 Å². The summed E-state index contributed by atoms with van der Waals surface area (Å²) in [7, 11) is 1.81. The number of Topliss-reactive ketones (excluding diaryl/α,β-unsaturated/α-hetero) is 1. The van der Waals surface area contributed by atoms with E-state index in [0.717, 1.165) is 25.7 Å². The van der Waals surface area contributed by atoms with Gasteiger partial charge in [-0.25, -0.2) is 0 Å². The van der Waals surface area contributed by atoms with Crippen LogP contribution in [0.5, 0.6) is 0 Å². The van der Waals surface area contributed by atoms with E-state index in [0.29, 0.717) is 12.3 Å². The van der Waals surface area contributed by atoms with Gasteiger partial charge in [0, 0.05) is 19.9 Å². The second-order valence-corrected chi connectivity index (χ2v) is 5.01. The van der Waals surface area contributed by atoms with E-state index in [-0.39, 0.29) is 5.78 Å². The quantitative estimate of drug-likeness (QED) is 0.609. The first-order chi connectivity index (χ1) is 8.69. The van der Waals surface area contributed by atoms with E-state index in [4.69, 9.17) is 4.74 Å². The van der Waals surface area contributed by atoms with Crippen molar-refractivity contribution in [1.29, 1.82) is 0 Å². The monoisotopic (exact) mass is 250 g/mol. The zero-order chi connectivity index (χ0) is 13.0. The summed E-state index contributed by atoms with van der Waals surface area (Å²) in [4.78, 5) is 12.8. The Morgan fingerprint density at radius 3 is 2.56 bits per heavy atom. The first-order valence-corrected chi connectivity index (χ1v) is 6.86. The summed E-state index contributed by atoms with van der Waals surface area (Å²) < 4.78 is 7.55. The molecule has 0 amide bonds. The van der Waals surface area contributed by atoms with Gasteiger partial charge in [-0.2, -0.15) is 5.10 Å². The molecular formula is C14H22N2O2. The van der Waals surface area contributed by atoms with Crippen LogP contribution < -0.4 is 0 Å². The van der Waals surface area contributed by atoms with Crippen LogP contribution in [0.15, 0.2) is 12.3 Å². The van der Waals surface area contributed by atoms with Crippen LogP contribution in [0.25, 0.3) is 0 Å². The molecule has 1 aromatic rings. The van der Waals surface area contributed by atoms with Crippen LogP contribution in [0.2, 0.25) is 0 Å². The first-order valence-electron chi connectivity index (χ1n) is 6.86. The molecule has 18 heavy (non-hydrogen) atoms. The standard InChI is InChI=1S/C14H22N2O2/c1-3-18-14(9-6-4-5-7-10-14)13(17)12-8-11-15-16(12)2/h8,11H,3-7,9-10H2,1-2H3. The van der Waals surface area contributed by atoms with E-state index in [1.165, 1.54) is 12.8 Å². The van der Waals surface area contributed by atoms with Gasteiger partial charge in [0.2, 0.25) is 5.78 Å². The molecule has 1 fully saturated rings. The largest absolute Gasteiger partial charge is 0.367 e. The molecule has 0 N–H and O–H groups in total. The van der Waals surface area contributed by atoms with Crippen molar-refractivity contribution in [2.75, 3.05) is 6.61 Å². The number of aromatic nitrogens is 2. The minimum atomic E-state index is -0.612. The predicted molar refractivity (Wildman–Crippen MR) is 69.6 cm³/mol. The summed E-state index contributed by atoms with van der Waals surface area (Å²) in [6.07, 6.45) is 7.90. The van der Waals surface area contributed by atoms with Crippen molar-refractivity contribution >= 4 is 5.78 Å². The molecule has 0 aliphatic heterocycles. The number of rotatable bonds is 4. The normalized spacial score (nSPS) is 19.4. The van der Waals surface area contributed by atoms with Gasteiger partial charge in [-0.3, -0.25) is 9.48 Å². The number of nitrogens with zero attached hydrogens (tertiary/aromatic N) is 2. The molecule has 0 aromatic carbocycles. The van der Waals surface area contributed by atoms with E-state index in [1.54, 1.807) is 16.9 Å². The van der Waals surface area contributed by atoms with Crippen molar-refractivity contribution in [2.24, 2.45) is 7.05 Å². The highest BCUT2D eigenvalue weighted by Crippen LogP contribution is 2.33. The number of ether oxygens (including phenoxy) is 1. The number of hydrogen-bond acceptors (Lipinski definition) is 3. The first kappa shape index (κ1) is 13.3. The topological polar surface area (TPSA) is 44.1 Å². The van der Waals surface area contributed by atoms with Crippen LogP contribution >= 0.6 is 0 Å². The van der Waals surface area contributed by atoms with Crippen LogP contribution in [0.4, 0.5) is 0 Å². The molecule has 4 nitrogen and oxygen atoms in total. The van der Waals surface area contributed by atoms with Crippen LogP contribution in [-0.4, -0.2) is 27.8 Å². The van der Waals surface area contributed by atoms with Crippen LogP contribution in [0.1, 0.15) is 55.9 Å². The van der Waals surface area contributed by atoms with Crippen LogP contribution in [0.3, 0.4) is 0 Å². The molecule has 0 atom stereocenters. The molecule has 0 unspecified atom stereocenters. The Balaban J connectivity index is 2.28. The average molecular weight is 250 g/mol. The maximum atomic E-state index is 12.8. The molecule has 0 bridgehead atoms. The Labute approximate surface area is 108 Å². The third kappa shape index (κ3) is 2.48. The summed E-state index contributed by atoms with van der Waals surface area (Å²) in [6.45, 7) is 2.55. The zero-order valence-corrected chi connectivity index (χ0v) is 11.3. The number of aryl methyl sites for hydroxylation is 1. The highest BCUT2D eigenvalue weighted by Gasteiger charge is 2.40.